The Hall–Kier alpha value is -1.95. The number of hydrogen-bond acceptors (Lipinski definition) is 4. The first-order chi connectivity index (χ1) is 8.11. The lowest BCUT2D eigenvalue weighted by atomic mass is 10.1. The monoisotopic (exact) mass is 250 g/mol. The molecule has 1 heterocycles. The van der Waals surface area contributed by atoms with Crippen molar-refractivity contribution in [1.29, 1.82) is 0 Å². The Labute approximate surface area is 102 Å². The number of aromatic nitrogens is 2. The minimum atomic E-state index is -1.05. The molecule has 5 nitrogen and oxygen atoms in total. The molecule has 1 aromatic heterocycles. The molecular formula is C11H10N2O3S. The van der Waals surface area contributed by atoms with E-state index in [0.29, 0.717) is 16.4 Å². The summed E-state index contributed by atoms with van der Waals surface area (Å²) in [5.41, 5.74) is 1.08. The van der Waals surface area contributed by atoms with Crippen molar-refractivity contribution >= 4 is 17.7 Å². The van der Waals surface area contributed by atoms with E-state index < -0.39 is 5.97 Å². The summed E-state index contributed by atoms with van der Waals surface area (Å²) in [6.45, 7) is 0. The molecule has 0 amide bonds. The van der Waals surface area contributed by atoms with Crippen molar-refractivity contribution in [3.63, 3.8) is 0 Å². The van der Waals surface area contributed by atoms with Gasteiger partial charge in [-0.15, -0.1) is 0 Å². The average Bonchev–Trinajstić information content (AvgIpc) is 2.74. The van der Waals surface area contributed by atoms with Crippen LogP contribution in [-0.4, -0.2) is 32.4 Å². The van der Waals surface area contributed by atoms with Crippen molar-refractivity contribution < 1.29 is 15.0 Å². The van der Waals surface area contributed by atoms with E-state index in [2.05, 4.69) is 9.97 Å². The number of H-pyrrole nitrogens is 1. The Morgan fingerprint density at radius 1 is 1.35 bits per heavy atom. The number of benzene rings is 1. The lowest BCUT2D eigenvalue weighted by molar-refractivity contribution is 0.0691. The molecule has 0 atom stereocenters. The minimum Gasteiger partial charge on any atom is -0.508 e. The molecule has 2 rings (SSSR count). The summed E-state index contributed by atoms with van der Waals surface area (Å²) >= 11 is 1.34. The molecule has 3 N–H and O–H groups in total. The number of carbonyl (C=O) groups is 1. The van der Waals surface area contributed by atoms with E-state index in [0.717, 1.165) is 0 Å². The van der Waals surface area contributed by atoms with E-state index in [4.69, 9.17) is 5.11 Å². The topological polar surface area (TPSA) is 86.2 Å². The number of phenolic OH excluding ortho intramolecular Hbond substituents is 1. The molecule has 1 aromatic carbocycles. The molecule has 0 spiro atoms. The van der Waals surface area contributed by atoms with Gasteiger partial charge >= 0.3 is 5.97 Å². The van der Waals surface area contributed by atoms with Crippen LogP contribution in [0, 0.1) is 0 Å². The number of aromatic amines is 1. The van der Waals surface area contributed by atoms with Crippen molar-refractivity contribution in [3.8, 4) is 17.0 Å². The number of hydrogen-bond donors (Lipinski definition) is 3. The van der Waals surface area contributed by atoms with E-state index in [9.17, 15) is 9.90 Å². The van der Waals surface area contributed by atoms with Gasteiger partial charge in [0.05, 0.1) is 0 Å². The fraction of sp³-hybridized carbons (Fsp3) is 0.0909. The fourth-order valence-electron chi connectivity index (χ4n) is 1.43. The maximum Gasteiger partial charge on any atom is 0.354 e. The quantitative estimate of drug-likeness (QED) is 0.727. The van der Waals surface area contributed by atoms with Gasteiger partial charge in [0.2, 0.25) is 0 Å². The number of phenols is 1. The Morgan fingerprint density at radius 2 is 2.00 bits per heavy atom. The van der Waals surface area contributed by atoms with Gasteiger partial charge < -0.3 is 15.2 Å². The van der Waals surface area contributed by atoms with Crippen molar-refractivity contribution in [2.45, 2.75) is 5.16 Å². The first kappa shape index (κ1) is 11.5. The van der Waals surface area contributed by atoms with Gasteiger partial charge in [0.25, 0.3) is 0 Å². The number of carboxylic acids is 1. The molecule has 0 saturated heterocycles. The van der Waals surface area contributed by atoms with E-state index in [-0.39, 0.29) is 11.4 Å². The number of thioether (sulfide) groups is 1. The maximum atomic E-state index is 11.1. The molecule has 0 aliphatic rings. The van der Waals surface area contributed by atoms with E-state index in [1.165, 1.54) is 23.9 Å². The van der Waals surface area contributed by atoms with Crippen LogP contribution in [0.15, 0.2) is 29.4 Å². The molecular weight excluding hydrogens is 240 g/mol. The van der Waals surface area contributed by atoms with Gasteiger partial charge in [0.1, 0.15) is 11.4 Å². The van der Waals surface area contributed by atoms with Crippen molar-refractivity contribution in [3.05, 3.63) is 30.0 Å². The standard InChI is InChI=1S/C11H10N2O3S/c1-17-11-12-8(9(13-11)10(15)16)6-2-4-7(14)5-3-6/h2-5,14H,1H3,(H,12,13)(H,15,16). The summed E-state index contributed by atoms with van der Waals surface area (Å²) in [5.74, 6) is -0.924. The minimum absolute atomic E-state index is 0.0556. The third-order valence-corrected chi connectivity index (χ3v) is 2.81. The van der Waals surface area contributed by atoms with Gasteiger partial charge in [-0.3, -0.25) is 0 Å². The normalized spacial score (nSPS) is 10.4. The summed E-state index contributed by atoms with van der Waals surface area (Å²) in [6, 6.07) is 6.24. The highest BCUT2D eigenvalue weighted by atomic mass is 32.2. The van der Waals surface area contributed by atoms with E-state index in [1.807, 2.05) is 6.26 Å². The van der Waals surface area contributed by atoms with Crippen LogP contribution < -0.4 is 0 Å². The lowest BCUT2D eigenvalue weighted by Gasteiger charge is -1.98. The van der Waals surface area contributed by atoms with Gasteiger partial charge in [-0.25, -0.2) is 9.78 Å². The molecule has 17 heavy (non-hydrogen) atoms. The third-order valence-electron chi connectivity index (χ3n) is 2.23. The van der Waals surface area contributed by atoms with Gasteiger partial charge in [-0.1, -0.05) is 11.8 Å². The van der Waals surface area contributed by atoms with E-state index >= 15 is 0 Å². The fourth-order valence-corrected chi connectivity index (χ4v) is 1.82. The van der Waals surface area contributed by atoms with E-state index in [1.54, 1.807) is 12.1 Å². The number of aromatic hydroxyl groups is 1. The predicted molar refractivity (Wildman–Crippen MR) is 64.4 cm³/mol. The number of nitrogens with one attached hydrogen (secondary N) is 1. The first-order valence-corrected chi connectivity index (χ1v) is 6.01. The summed E-state index contributed by atoms with van der Waals surface area (Å²) < 4.78 is 0. The van der Waals surface area contributed by atoms with Crippen LogP contribution in [0.1, 0.15) is 10.5 Å². The number of imidazole rings is 1. The van der Waals surface area contributed by atoms with Crippen LogP contribution in [0.4, 0.5) is 0 Å². The molecule has 0 bridgehead atoms. The molecule has 2 aromatic rings. The number of carboxylic acid groups (broad SMARTS) is 1. The molecule has 0 aliphatic carbocycles. The Morgan fingerprint density at radius 3 is 2.53 bits per heavy atom. The molecule has 0 unspecified atom stereocenters. The SMILES string of the molecule is CSc1nc(-c2ccc(O)cc2)c(C(=O)O)[nH]1. The van der Waals surface area contributed by atoms with Crippen molar-refractivity contribution in [1.82, 2.24) is 9.97 Å². The van der Waals surface area contributed by atoms with Crippen LogP contribution in [0.3, 0.4) is 0 Å². The van der Waals surface area contributed by atoms with Crippen LogP contribution in [0.2, 0.25) is 0 Å². The lowest BCUT2D eigenvalue weighted by Crippen LogP contribution is -1.99. The Bertz CT molecular complexity index is 548. The molecule has 0 radical (unpaired) electrons. The highest BCUT2D eigenvalue weighted by molar-refractivity contribution is 7.98. The molecule has 6 heteroatoms. The van der Waals surface area contributed by atoms with Gasteiger partial charge in [-0.05, 0) is 30.5 Å². The molecule has 0 saturated carbocycles. The summed E-state index contributed by atoms with van der Waals surface area (Å²) in [7, 11) is 0. The average molecular weight is 250 g/mol. The maximum absolute atomic E-state index is 11.1. The van der Waals surface area contributed by atoms with Crippen LogP contribution >= 0.6 is 11.8 Å². The Balaban J connectivity index is 2.53. The number of nitrogens with zero attached hydrogens (tertiary/aromatic N) is 1. The predicted octanol–water partition coefficient (Wildman–Crippen LogP) is 2.20. The van der Waals surface area contributed by atoms with Gasteiger partial charge in [0, 0.05) is 5.56 Å². The zero-order chi connectivity index (χ0) is 12.4. The number of rotatable bonds is 3. The molecule has 0 aliphatic heterocycles. The summed E-state index contributed by atoms with van der Waals surface area (Å²) in [5, 5.41) is 18.8. The zero-order valence-electron chi connectivity index (χ0n) is 8.97. The van der Waals surface area contributed by atoms with Crippen LogP contribution in [0.5, 0.6) is 5.75 Å². The summed E-state index contributed by atoms with van der Waals surface area (Å²) in [6.07, 6.45) is 1.81. The zero-order valence-corrected chi connectivity index (χ0v) is 9.78. The second kappa shape index (κ2) is 4.50. The highest BCUT2D eigenvalue weighted by Crippen LogP contribution is 2.26. The first-order valence-electron chi connectivity index (χ1n) is 4.78. The van der Waals surface area contributed by atoms with Crippen LogP contribution in [-0.2, 0) is 0 Å². The van der Waals surface area contributed by atoms with Gasteiger partial charge in [0.15, 0.2) is 10.9 Å². The third kappa shape index (κ3) is 2.26. The van der Waals surface area contributed by atoms with Crippen molar-refractivity contribution in [2.24, 2.45) is 0 Å². The summed E-state index contributed by atoms with van der Waals surface area (Å²) in [4.78, 5) is 18.0. The second-order valence-electron chi connectivity index (χ2n) is 3.32. The largest absolute Gasteiger partial charge is 0.508 e. The molecule has 88 valence electrons. The molecule has 0 fully saturated rings. The smallest absolute Gasteiger partial charge is 0.354 e. The van der Waals surface area contributed by atoms with Gasteiger partial charge in [-0.2, -0.15) is 0 Å². The number of aromatic carboxylic acids is 1. The Kier molecular flexibility index (Phi) is 3.06. The second-order valence-corrected chi connectivity index (χ2v) is 4.12. The highest BCUT2D eigenvalue weighted by Gasteiger charge is 2.17. The van der Waals surface area contributed by atoms with Crippen LogP contribution in [0.25, 0.3) is 11.3 Å². The van der Waals surface area contributed by atoms with Crippen molar-refractivity contribution in [2.75, 3.05) is 6.26 Å².